The molecule has 0 unspecified atom stereocenters. The van der Waals surface area contributed by atoms with Crippen molar-refractivity contribution in [2.24, 2.45) is 0 Å². The molecule has 1 amide bonds. The van der Waals surface area contributed by atoms with Gasteiger partial charge in [-0.3, -0.25) is 9.69 Å². The van der Waals surface area contributed by atoms with Gasteiger partial charge >= 0.3 is 0 Å². The van der Waals surface area contributed by atoms with E-state index in [0.717, 1.165) is 16.8 Å². The van der Waals surface area contributed by atoms with E-state index in [1.165, 1.54) is 6.26 Å². The van der Waals surface area contributed by atoms with Gasteiger partial charge in [0.25, 0.3) is 0 Å². The Morgan fingerprint density at radius 1 is 1.11 bits per heavy atom. The first-order valence-corrected chi connectivity index (χ1v) is 14.1. The van der Waals surface area contributed by atoms with Crippen LogP contribution in [-0.2, 0) is 34.3 Å². The molecule has 0 aliphatic carbocycles. The lowest BCUT2D eigenvalue weighted by Gasteiger charge is -2.41. The number of nitrogens with zero attached hydrogens (tertiary/aromatic N) is 5. The molecule has 3 aromatic rings. The number of aromatic nitrogens is 2. The van der Waals surface area contributed by atoms with Crippen molar-refractivity contribution >= 4 is 27.3 Å². The number of hydrogen-bond donors (Lipinski definition) is 0. The number of hydrogen-bond acceptors (Lipinski definition) is 6. The number of imidazole rings is 1. The van der Waals surface area contributed by atoms with Crippen molar-refractivity contribution in [3.63, 3.8) is 0 Å². The molecule has 4 rings (SSSR count). The van der Waals surface area contributed by atoms with E-state index in [4.69, 9.17) is 16.9 Å². The van der Waals surface area contributed by atoms with Gasteiger partial charge in [0.1, 0.15) is 9.84 Å². The standard InChI is InChI=1S/C26H28ClN5O3S/c1-36(34,35)10-9-24-16-31(15-22-3-2-4-23(27)11-22)26(33)18-30(24)17-25-13-29-19-32(25)14-21-7-5-20(12-28)6-8-21/h2-8,11,13,19,24H,9-10,14-18H2,1H3/t24-/m0/s1. The summed E-state index contributed by atoms with van der Waals surface area (Å²) in [5.74, 6) is 0.0430. The van der Waals surface area contributed by atoms with Gasteiger partial charge in [0.15, 0.2) is 0 Å². The third kappa shape index (κ3) is 6.94. The van der Waals surface area contributed by atoms with Crippen LogP contribution in [-0.4, -0.2) is 64.8 Å². The number of carbonyl (C=O) groups is 1. The maximum absolute atomic E-state index is 13.1. The van der Waals surface area contributed by atoms with Gasteiger partial charge in [-0.05, 0) is 41.8 Å². The highest BCUT2D eigenvalue weighted by Crippen LogP contribution is 2.21. The highest BCUT2D eigenvalue weighted by molar-refractivity contribution is 7.90. The maximum Gasteiger partial charge on any atom is 0.237 e. The third-order valence-corrected chi connectivity index (χ3v) is 7.53. The molecule has 1 saturated heterocycles. The van der Waals surface area contributed by atoms with Crippen LogP contribution < -0.4 is 0 Å². The van der Waals surface area contributed by atoms with Crippen LogP contribution in [0.5, 0.6) is 0 Å². The van der Waals surface area contributed by atoms with E-state index < -0.39 is 9.84 Å². The number of piperazine rings is 1. The van der Waals surface area contributed by atoms with Crippen molar-refractivity contribution in [1.82, 2.24) is 19.4 Å². The van der Waals surface area contributed by atoms with E-state index in [1.54, 1.807) is 35.6 Å². The number of halogens is 1. The number of sulfone groups is 1. The van der Waals surface area contributed by atoms with Crippen molar-refractivity contribution in [3.05, 3.63) is 88.5 Å². The molecule has 1 aliphatic heterocycles. The van der Waals surface area contributed by atoms with Crippen molar-refractivity contribution in [1.29, 1.82) is 5.26 Å². The van der Waals surface area contributed by atoms with Crippen LogP contribution in [0.1, 0.15) is 28.8 Å². The zero-order valence-electron chi connectivity index (χ0n) is 20.0. The Morgan fingerprint density at radius 2 is 1.89 bits per heavy atom. The summed E-state index contributed by atoms with van der Waals surface area (Å²) in [6, 6.07) is 16.8. The Bertz CT molecular complexity index is 1360. The molecule has 188 valence electrons. The molecule has 1 atom stereocenters. The summed E-state index contributed by atoms with van der Waals surface area (Å²) in [6.45, 7) is 2.11. The first kappa shape index (κ1) is 25.9. The second-order valence-corrected chi connectivity index (χ2v) is 11.9. The Hall–Kier alpha value is -3.19. The first-order valence-electron chi connectivity index (χ1n) is 11.6. The van der Waals surface area contributed by atoms with Gasteiger partial charge in [-0.25, -0.2) is 13.4 Å². The summed E-state index contributed by atoms with van der Waals surface area (Å²) in [5, 5.41) is 9.63. The van der Waals surface area contributed by atoms with Crippen LogP contribution in [0.3, 0.4) is 0 Å². The van der Waals surface area contributed by atoms with Gasteiger partial charge in [-0.1, -0.05) is 35.9 Å². The zero-order chi connectivity index (χ0) is 25.7. The molecular formula is C26H28ClN5O3S. The fourth-order valence-corrected chi connectivity index (χ4v) is 5.32. The smallest absolute Gasteiger partial charge is 0.237 e. The summed E-state index contributed by atoms with van der Waals surface area (Å²) < 4.78 is 25.9. The Labute approximate surface area is 216 Å². The minimum absolute atomic E-state index is 0.0104. The van der Waals surface area contributed by atoms with Gasteiger partial charge in [-0.2, -0.15) is 5.26 Å². The number of rotatable bonds is 9. The lowest BCUT2D eigenvalue weighted by Crippen LogP contribution is -2.55. The maximum atomic E-state index is 13.1. The summed E-state index contributed by atoms with van der Waals surface area (Å²) in [4.78, 5) is 21.2. The highest BCUT2D eigenvalue weighted by Gasteiger charge is 2.33. The molecule has 36 heavy (non-hydrogen) atoms. The topological polar surface area (TPSA) is 99.3 Å². The Balaban J connectivity index is 1.50. The van der Waals surface area contributed by atoms with E-state index >= 15 is 0 Å². The van der Waals surface area contributed by atoms with Gasteiger partial charge in [0.05, 0.1) is 36.0 Å². The van der Waals surface area contributed by atoms with E-state index in [1.807, 2.05) is 39.8 Å². The lowest BCUT2D eigenvalue weighted by atomic mass is 10.1. The molecule has 2 heterocycles. The molecule has 1 aromatic heterocycles. The molecular weight excluding hydrogens is 498 g/mol. The van der Waals surface area contributed by atoms with E-state index in [9.17, 15) is 13.2 Å². The predicted molar refractivity (Wildman–Crippen MR) is 138 cm³/mol. The third-order valence-electron chi connectivity index (χ3n) is 6.32. The SMILES string of the molecule is CS(=O)(=O)CC[C@H]1CN(Cc2cccc(Cl)c2)C(=O)CN1Cc1cncn1Cc1ccc(C#N)cc1. The molecule has 0 radical (unpaired) electrons. The fraction of sp³-hybridized carbons (Fsp3) is 0.346. The molecule has 10 heteroatoms. The van der Waals surface area contributed by atoms with Crippen molar-refractivity contribution in [2.75, 3.05) is 25.1 Å². The zero-order valence-corrected chi connectivity index (χ0v) is 21.6. The second-order valence-electron chi connectivity index (χ2n) is 9.20. The monoisotopic (exact) mass is 525 g/mol. The van der Waals surface area contributed by atoms with Crippen LogP contribution in [0.4, 0.5) is 0 Å². The van der Waals surface area contributed by atoms with E-state index in [-0.39, 0.29) is 24.2 Å². The number of carbonyl (C=O) groups excluding carboxylic acids is 1. The Kier molecular flexibility index (Phi) is 8.09. The van der Waals surface area contributed by atoms with Gasteiger partial charge in [0.2, 0.25) is 5.91 Å². The summed E-state index contributed by atoms with van der Waals surface area (Å²) in [6.07, 6.45) is 5.19. The molecule has 0 N–H and O–H groups in total. The Morgan fingerprint density at radius 3 is 2.58 bits per heavy atom. The minimum Gasteiger partial charge on any atom is -0.336 e. The first-order chi connectivity index (χ1) is 17.2. The molecule has 8 nitrogen and oxygen atoms in total. The van der Waals surface area contributed by atoms with Crippen LogP contribution in [0.2, 0.25) is 5.02 Å². The highest BCUT2D eigenvalue weighted by atomic mass is 35.5. The lowest BCUT2D eigenvalue weighted by molar-refractivity contribution is -0.139. The summed E-state index contributed by atoms with van der Waals surface area (Å²) in [5.41, 5.74) is 3.50. The molecule has 1 fully saturated rings. The predicted octanol–water partition coefficient (Wildman–Crippen LogP) is 3.10. The average molecular weight is 526 g/mol. The molecule has 2 aromatic carbocycles. The normalized spacial score (nSPS) is 16.8. The largest absolute Gasteiger partial charge is 0.336 e. The average Bonchev–Trinajstić information content (AvgIpc) is 3.26. The van der Waals surface area contributed by atoms with Crippen molar-refractivity contribution in [2.45, 2.75) is 32.1 Å². The quantitative estimate of drug-likeness (QED) is 0.425. The fourth-order valence-electron chi connectivity index (χ4n) is 4.40. The molecule has 0 spiro atoms. The number of benzene rings is 2. The number of nitriles is 1. The summed E-state index contributed by atoms with van der Waals surface area (Å²) in [7, 11) is -3.15. The van der Waals surface area contributed by atoms with E-state index in [0.29, 0.717) is 43.2 Å². The minimum atomic E-state index is -3.15. The van der Waals surface area contributed by atoms with Crippen LogP contribution in [0.15, 0.2) is 61.1 Å². The van der Waals surface area contributed by atoms with Crippen LogP contribution in [0.25, 0.3) is 0 Å². The number of amides is 1. The summed E-state index contributed by atoms with van der Waals surface area (Å²) >= 11 is 6.12. The van der Waals surface area contributed by atoms with Gasteiger partial charge in [-0.15, -0.1) is 0 Å². The van der Waals surface area contributed by atoms with Gasteiger partial charge < -0.3 is 9.47 Å². The molecule has 1 aliphatic rings. The van der Waals surface area contributed by atoms with Crippen LogP contribution >= 0.6 is 11.6 Å². The molecule has 0 bridgehead atoms. The van der Waals surface area contributed by atoms with E-state index in [2.05, 4.69) is 11.1 Å². The van der Waals surface area contributed by atoms with Gasteiger partial charge in [0, 0.05) is 49.7 Å². The van der Waals surface area contributed by atoms with Crippen molar-refractivity contribution < 1.29 is 13.2 Å². The van der Waals surface area contributed by atoms with Crippen LogP contribution in [0, 0.1) is 11.3 Å². The van der Waals surface area contributed by atoms with Crippen molar-refractivity contribution in [3.8, 4) is 6.07 Å². The second kappa shape index (κ2) is 11.2. The molecule has 0 saturated carbocycles.